The Morgan fingerprint density at radius 1 is 1.19 bits per heavy atom. The first-order valence-electron chi connectivity index (χ1n) is 10.9. The Labute approximate surface area is 203 Å². The highest BCUT2D eigenvalue weighted by Gasteiger charge is 2.23. The van der Waals surface area contributed by atoms with Crippen molar-refractivity contribution < 1.29 is 4.39 Å². The molecule has 7 heteroatoms. The second-order valence-corrected chi connectivity index (χ2v) is 8.61. The Kier molecular flexibility index (Phi) is 10.2. The molecule has 1 aromatic heterocycles. The molecule has 1 aliphatic heterocycles. The van der Waals surface area contributed by atoms with Crippen LogP contribution in [-0.4, -0.2) is 48.1 Å². The zero-order chi connectivity index (χ0) is 21.4. The lowest BCUT2D eigenvalue weighted by molar-refractivity contribution is 0.196. The first-order chi connectivity index (χ1) is 14.5. The van der Waals surface area contributed by atoms with Gasteiger partial charge in [-0.3, -0.25) is 14.9 Å². The number of aromatic nitrogens is 1. The van der Waals surface area contributed by atoms with Gasteiger partial charge >= 0.3 is 0 Å². The normalized spacial score (nSPS) is 15.9. The highest BCUT2D eigenvalue weighted by Crippen LogP contribution is 2.24. The molecule has 2 aromatic rings. The quantitative estimate of drug-likeness (QED) is 0.313. The molecule has 0 radical (unpaired) electrons. The van der Waals surface area contributed by atoms with Crippen molar-refractivity contribution in [3.63, 3.8) is 0 Å². The molecule has 170 valence electrons. The van der Waals surface area contributed by atoms with E-state index in [1.165, 1.54) is 6.07 Å². The summed E-state index contributed by atoms with van der Waals surface area (Å²) in [5.74, 6) is 0.636. The van der Waals surface area contributed by atoms with Crippen molar-refractivity contribution in [3.8, 4) is 0 Å². The summed E-state index contributed by atoms with van der Waals surface area (Å²) in [6, 6.07) is 13.3. The van der Waals surface area contributed by atoms with E-state index in [0.29, 0.717) is 12.6 Å². The molecule has 0 amide bonds. The number of pyridine rings is 1. The van der Waals surface area contributed by atoms with E-state index in [-0.39, 0.29) is 35.2 Å². The maximum atomic E-state index is 13.6. The Morgan fingerprint density at radius 2 is 1.97 bits per heavy atom. The van der Waals surface area contributed by atoms with Gasteiger partial charge < -0.3 is 10.6 Å². The van der Waals surface area contributed by atoms with Crippen LogP contribution >= 0.6 is 24.0 Å². The zero-order valence-corrected chi connectivity index (χ0v) is 21.1. The summed E-state index contributed by atoms with van der Waals surface area (Å²) in [4.78, 5) is 11.7. The summed E-state index contributed by atoms with van der Waals surface area (Å²) < 4.78 is 13.6. The number of guanidine groups is 1. The van der Waals surface area contributed by atoms with Gasteiger partial charge in [-0.05, 0) is 49.6 Å². The van der Waals surface area contributed by atoms with Crippen LogP contribution in [0.25, 0.3) is 0 Å². The second-order valence-electron chi connectivity index (χ2n) is 8.61. The Bertz CT molecular complexity index is 820. The SMILES string of the molecule is CCNC(=NCC(C)(C)c1cccc(F)c1)NC1CCN(Cc2ccccn2)CC1.I. The molecule has 0 bridgehead atoms. The van der Waals surface area contributed by atoms with Gasteiger partial charge in [0.15, 0.2) is 5.96 Å². The van der Waals surface area contributed by atoms with Crippen molar-refractivity contribution in [2.75, 3.05) is 26.2 Å². The lowest BCUT2D eigenvalue weighted by Gasteiger charge is -2.33. The van der Waals surface area contributed by atoms with Crippen LogP contribution in [0.15, 0.2) is 53.7 Å². The Hall–Kier alpha value is -1.74. The smallest absolute Gasteiger partial charge is 0.191 e. The van der Waals surface area contributed by atoms with Crippen LogP contribution in [0.5, 0.6) is 0 Å². The number of likely N-dealkylation sites (tertiary alicyclic amines) is 1. The summed E-state index contributed by atoms with van der Waals surface area (Å²) in [7, 11) is 0. The minimum Gasteiger partial charge on any atom is -0.357 e. The fourth-order valence-corrected chi connectivity index (χ4v) is 3.75. The maximum absolute atomic E-state index is 13.6. The standard InChI is InChI=1S/C24H34FN5.HI/c1-4-26-23(28-18-24(2,3)19-8-7-9-20(25)16-19)29-21-11-14-30(15-12-21)17-22-10-5-6-13-27-22;/h5-10,13,16,21H,4,11-12,14-15,17-18H2,1-3H3,(H2,26,28,29);1H. The maximum Gasteiger partial charge on any atom is 0.191 e. The molecule has 0 atom stereocenters. The number of benzene rings is 1. The Morgan fingerprint density at radius 3 is 2.61 bits per heavy atom. The topological polar surface area (TPSA) is 52.6 Å². The van der Waals surface area contributed by atoms with Crippen molar-refractivity contribution in [2.45, 2.75) is 51.6 Å². The van der Waals surface area contributed by atoms with Crippen LogP contribution in [0.1, 0.15) is 44.9 Å². The number of rotatable bonds is 7. The molecule has 1 aliphatic rings. The van der Waals surface area contributed by atoms with Gasteiger partial charge in [0.2, 0.25) is 0 Å². The van der Waals surface area contributed by atoms with E-state index in [1.54, 1.807) is 12.1 Å². The number of hydrogen-bond acceptors (Lipinski definition) is 3. The van der Waals surface area contributed by atoms with Gasteiger partial charge in [-0.15, -0.1) is 24.0 Å². The summed E-state index contributed by atoms with van der Waals surface area (Å²) in [6.07, 6.45) is 4.00. The molecule has 1 fully saturated rings. The third kappa shape index (κ3) is 8.03. The van der Waals surface area contributed by atoms with Crippen LogP contribution in [0, 0.1) is 5.82 Å². The van der Waals surface area contributed by atoms with Crippen molar-refractivity contribution >= 4 is 29.9 Å². The van der Waals surface area contributed by atoms with E-state index < -0.39 is 0 Å². The molecule has 3 rings (SSSR count). The molecule has 31 heavy (non-hydrogen) atoms. The van der Waals surface area contributed by atoms with E-state index in [0.717, 1.165) is 56.2 Å². The van der Waals surface area contributed by atoms with Gasteiger partial charge in [0.1, 0.15) is 5.82 Å². The molecule has 0 saturated carbocycles. The summed E-state index contributed by atoms with van der Waals surface area (Å²) in [5, 5.41) is 6.96. The van der Waals surface area contributed by atoms with Gasteiger partial charge in [0.25, 0.3) is 0 Å². The first kappa shape index (κ1) is 25.5. The third-order valence-electron chi connectivity index (χ3n) is 5.62. The molecule has 0 unspecified atom stereocenters. The lowest BCUT2D eigenvalue weighted by atomic mass is 9.85. The zero-order valence-electron chi connectivity index (χ0n) is 18.8. The summed E-state index contributed by atoms with van der Waals surface area (Å²) in [6.45, 7) is 10.7. The second kappa shape index (κ2) is 12.3. The highest BCUT2D eigenvalue weighted by molar-refractivity contribution is 14.0. The predicted molar refractivity (Wildman–Crippen MR) is 136 cm³/mol. The molecule has 2 N–H and O–H groups in total. The highest BCUT2D eigenvalue weighted by atomic mass is 127. The molecular weight excluding hydrogens is 504 g/mol. The summed E-state index contributed by atoms with van der Waals surface area (Å²) >= 11 is 0. The van der Waals surface area contributed by atoms with Crippen LogP contribution in [0.3, 0.4) is 0 Å². The number of aliphatic imine (C=N–C) groups is 1. The fraction of sp³-hybridized carbons (Fsp3) is 0.500. The van der Waals surface area contributed by atoms with Gasteiger partial charge in [0.05, 0.1) is 12.2 Å². The van der Waals surface area contributed by atoms with Gasteiger partial charge in [-0.25, -0.2) is 4.39 Å². The third-order valence-corrected chi connectivity index (χ3v) is 5.62. The molecule has 0 aliphatic carbocycles. The minimum absolute atomic E-state index is 0. The van der Waals surface area contributed by atoms with Crippen LogP contribution in [-0.2, 0) is 12.0 Å². The number of nitrogens with one attached hydrogen (secondary N) is 2. The van der Waals surface area contributed by atoms with E-state index in [1.807, 2.05) is 24.4 Å². The van der Waals surface area contributed by atoms with Crippen molar-refractivity contribution in [1.29, 1.82) is 0 Å². The number of nitrogens with zero attached hydrogens (tertiary/aromatic N) is 3. The molecule has 5 nitrogen and oxygen atoms in total. The number of hydrogen-bond donors (Lipinski definition) is 2. The summed E-state index contributed by atoms with van der Waals surface area (Å²) in [5.41, 5.74) is 1.85. The molecule has 1 saturated heterocycles. The van der Waals surface area contributed by atoms with E-state index >= 15 is 0 Å². The average molecular weight is 539 g/mol. The first-order valence-corrected chi connectivity index (χ1v) is 10.9. The number of piperidine rings is 1. The van der Waals surface area contributed by atoms with Crippen LogP contribution in [0.2, 0.25) is 0 Å². The van der Waals surface area contributed by atoms with E-state index in [2.05, 4.69) is 47.4 Å². The van der Waals surface area contributed by atoms with Crippen molar-refractivity contribution in [2.24, 2.45) is 4.99 Å². The largest absolute Gasteiger partial charge is 0.357 e. The predicted octanol–water partition coefficient (Wildman–Crippen LogP) is 4.34. The van der Waals surface area contributed by atoms with Gasteiger partial charge in [-0.1, -0.05) is 32.0 Å². The van der Waals surface area contributed by atoms with Crippen LogP contribution < -0.4 is 10.6 Å². The average Bonchev–Trinajstić information content (AvgIpc) is 2.74. The van der Waals surface area contributed by atoms with Gasteiger partial charge in [0, 0.05) is 43.8 Å². The van der Waals surface area contributed by atoms with Crippen molar-refractivity contribution in [1.82, 2.24) is 20.5 Å². The molecule has 1 aromatic carbocycles. The van der Waals surface area contributed by atoms with Gasteiger partial charge in [-0.2, -0.15) is 0 Å². The van der Waals surface area contributed by atoms with E-state index in [4.69, 9.17) is 4.99 Å². The molecule has 0 spiro atoms. The lowest BCUT2D eigenvalue weighted by Crippen LogP contribution is -2.48. The molecular formula is C24H35FIN5. The number of halogens is 2. The monoisotopic (exact) mass is 539 g/mol. The fourth-order valence-electron chi connectivity index (χ4n) is 3.75. The molecule has 2 heterocycles. The van der Waals surface area contributed by atoms with Crippen LogP contribution in [0.4, 0.5) is 4.39 Å². The minimum atomic E-state index is -0.240. The van der Waals surface area contributed by atoms with E-state index in [9.17, 15) is 4.39 Å². The Balaban J connectivity index is 0.00000341. The van der Waals surface area contributed by atoms with Crippen molar-refractivity contribution in [3.05, 3.63) is 65.7 Å².